The lowest BCUT2D eigenvalue weighted by Crippen LogP contribution is -2.29. The Kier molecular flexibility index (Phi) is 2.13. The fourth-order valence-corrected chi connectivity index (χ4v) is 2.25. The first-order valence-corrected chi connectivity index (χ1v) is 5.17. The predicted molar refractivity (Wildman–Crippen MR) is 58.4 cm³/mol. The fraction of sp³-hybridized carbons (Fsp3) is 0.700. The third-order valence-corrected chi connectivity index (χ3v) is 3.06. The van der Waals surface area contributed by atoms with E-state index in [1.54, 1.807) is 0 Å². The van der Waals surface area contributed by atoms with E-state index in [2.05, 4.69) is 16.9 Å². The van der Waals surface area contributed by atoms with Crippen LogP contribution in [0.15, 0.2) is 0 Å². The van der Waals surface area contributed by atoms with Gasteiger partial charge in [0.15, 0.2) is 5.82 Å². The molecule has 0 saturated carbocycles. The highest BCUT2D eigenvalue weighted by Crippen LogP contribution is 2.31. The van der Waals surface area contributed by atoms with E-state index in [1.165, 1.54) is 12.8 Å². The van der Waals surface area contributed by atoms with Gasteiger partial charge < -0.3 is 10.6 Å². The SMILES string of the molecule is Cc1nn(C)c(N2CCCC2C)c1N. The maximum Gasteiger partial charge on any atom is 0.150 e. The molecule has 1 unspecified atom stereocenters. The summed E-state index contributed by atoms with van der Waals surface area (Å²) in [6.45, 7) is 5.30. The number of nitrogens with two attached hydrogens (primary N) is 1. The van der Waals surface area contributed by atoms with Crippen LogP contribution >= 0.6 is 0 Å². The van der Waals surface area contributed by atoms with E-state index in [4.69, 9.17) is 5.73 Å². The number of anilines is 2. The van der Waals surface area contributed by atoms with Gasteiger partial charge in [-0.3, -0.25) is 4.68 Å². The Morgan fingerprint density at radius 2 is 2.21 bits per heavy atom. The van der Waals surface area contributed by atoms with Crippen LogP contribution in [-0.2, 0) is 7.05 Å². The molecule has 4 nitrogen and oxygen atoms in total. The summed E-state index contributed by atoms with van der Waals surface area (Å²) in [6.07, 6.45) is 2.51. The number of nitrogens with zero attached hydrogens (tertiary/aromatic N) is 3. The second kappa shape index (κ2) is 3.19. The fourth-order valence-electron chi connectivity index (χ4n) is 2.25. The molecule has 0 bridgehead atoms. The number of aromatic nitrogens is 2. The van der Waals surface area contributed by atoms with E-state index < -0.39 is 0 Å². The van der Waals surface area contributed by atoms with Crippen LogP contribution < -0.4 is 10.6 Å². The van der Waals surface area contributed by atoms with E-state index in [1.807, 2.05) is 18.7 Å². The van der Waals surface area contributed by atoms with Gasteiger partial charge in [-0.15, -0.1) is 0 Å². The number of nitrogen functional groups attached to an aromatic ring is 1. The summed E-state index contributed by atoms with van der Waals surface area (Å²) in [5.74, 6) is 1.09. The van der Waals surface area contributed by atoms with Crippen molar-refractivity contribution in [3.8, 4) is 0 Å². The van der Waals surface area contributed by atoms with Gasteiger partial charge in [0.25, 0.3) is 0 Å². The number of hydrogen-bond acceptors (Lipinski definition) is 3. The summed E-state index contributed by atoms with van der Waals surface area (Å²) in [5, 5.41) is 4.34. The minimum absolute atomic E-state index is 0.590. The highest BCUT2D eigenvalue weighted by atomic mass is 15.4. The molecule has 1 saturated heterocycles. The smallest absolute Gasteiger partial charge is 0.150 e. The molecule has 1 aromatic rings. The van der Waals surface area contributed by atoms with Crippen molar-refractivity contribution in [2.45, 2.75) is 32.7 Å². The first-order valence-electron chi connectivity index (χ1n) is 5.17. The molecule has 2 rings (SSSR count). The zero-order valence-electron chi connectivity index (χ0n) is 9.12. The van der Waals surface area contributed by atoms with Gasteiger partial charge in [-0.1, -0.05) is 0 Å². The van der Waals surface area contributed by atoms with Gasteiger partial charge in [0.2, 0.25) is 0 Å². The lowest BCUT2D eigenvalue weighted by Gasteiger charge is -2.23. The van der Waals surface area contributed by atoms with E-state index in [0.717, 1.165) is 23.7 Å². The highest BCUT2D eigenvalue weighted by Gasteiger charge is 2.25. The Labute approximate surface area is 84.7 Å². The summed E-state index contributed by atoms with van der Waals surface area (Å²) in [4.78, 5) is 2.36. The molecule has 0 amide bonds. The van der Waals surface area contributed by atoms with Gasteiger partial charge in [0.05, 0.1) is 11.4 Å². The zero-order chi connectivity index (χ0) is 10.3. The Bertz CT molecular complexity index is 342. The van der Waals surface area contributed by atoms with Gasteiger partial charge in [-0.05, 0) is 26.7 Å². The van der Waals surface area contributed by atoms with Crippen LogP contribution in [-0.4, -0.2) is 22.4 Å². The van der Waals surface area contributed by atoms with Crippen molar-refractivity contribution in [3.63, 3.8) is 0 Å². The van der Waals surface area contributed by atoms with Gasteiger partial charge >= 0.3 is 0 Å². The van der Waals surface area contributed by atoms with Gasteiger partial charge in [-0.25, -0.2) is 0 Å². The van der Waals surface area contributed by atoms with Crippen molar-refractivity contribution in [3.05, 3.63) is 5.69 Å². The largest absolute Gasteiger partial charge is 0.394 e. The quantitative estimate of drug-likeness (QED) is 0.733. The number of hydrogen-bond donors (Lipinski definition) is 1. The first-order chi connectivity index (χ1) is 6.61. The van der Waals surface area contributed by atoms with Crippen LogP contribution in [0.25, 0.3) is 0 Å². The average Bonchev–Trinajstić information content (AvgIpc) is 2.60. The van der Waals surface area contributed by atoms with Crippen LogP contribution in [0.4, 0.5) is 11.5 Å². The molecule has 0 aromatic carbocycles. The summed E-state index contributed by atoms with van der Waals surface area (Å²) in [5.41, 5.74) is 7.79. The zero-order valence-corrected chi connectivity index (χ0v) is 9.12. The second-order valence-corrected chi connectivity index (χ2v) is 4.13. The van der Waals surface area contributed by atoms with Gasteiger partial charge in [0, 0.05) is 19.6 Å². The van der Waals surface area contributed by atoms with Crippen molar-refractivity contribution < 1.29 is 0 Å². The molecule has 4 heteroatoms. The molecule has 1 aliphatic heterocycles. The topological polar surface area (TPSA) is 47.1 Å². The molecule has 0 radical (unpaired) electrons. The minimum atomic E-state index is 0.590. The predicted octanol–water partition coefficient (Wildman–Crippen LogP) is 1.30. The first kappa shape index (κ1) is 9.37. The van der Waals surface area contributed by atoms with Crippen LogP contribution in [0.1, 0.15) is 25.5 Å². The second-order valence-electron chi connectivity index (χ2n) is 4.13. The van der Waals surface area contributed by atoms with E-state index in [0.29, 0.717) is 6.04 Å². The summed E-state index contributed by atoms with van der Waals surface area (Å²) in [6, 6.07) is 0.590. The molecule has 0 spiro atoms. The van der Waals surface area contributed by atoms with Crippen LogP contribution in [0, 0.1) is 6.92 Å². The maximum atomic E-state index is 6.02. The summed E-state index contributed by atoms with van der Waals surface area (Å²) in [7, 11) is 1.96. The molecule has 2 heterocycles. The average molecular weight is 194 g/mol. The Morgan fingerprint density at radius 1 is 1.50 bits per heavy atom. The summed E-state index contributed by atoms with van der Waals surface area (Å²) >= 11 is 0. The Morgan fingerprint density at radius 3 is 2.64 bits per heavy atom. The molecular weight excluding hydrogens is 176 g/mol. The van der Waals surface area contributed by atoms with Crippen molar-refractivity contribution in [2.75, 3.05) is 17.2 Å². The Balaban J connectivity index is 2.39. The van der Waals surface area contributed by atoms with Crippen LogP contribution in [0.3, 0.4) is 0 Å². The highest BCUT2D eigenvalue weighted by molar-refractivity contribution is 5.66. The van der Waals surface area contributed by atoms with E-state index >= 15 is 0 Å². The molecule has 1 fully saturated rings. The molecule has 1 atom stereocenters. The standard InChI is InChI=1S/C10H18N4/c1-7-5-4-6-14(7)10-9(11)8(2)12-13(10)3/h7H,4-6,11H2,1-3H3. The van der Waals surface area contributed by atoms with Crippen molar-refractivity contribution >= 4 is 11.5 Å². The molecule has 0 aliphatic carbocycles. The molecule has 78 valence electrons. The lowest BCUT2D eigenvalue weighted by atomic mass is 10.2. The van der Waals surface area contributed by atoms with Crippen LogP contribution in [0.2, 0.25) is 0 Å². The molecule has 1 aromatic heterocycles. The third kappa shape index (κ3) is 1.25. The monoisotopic (exact) mass is 194 g/mol. The Hall–Kier alpha value is -1.19. The number of aryl methyl sites for hydroxylation is 2. The van der Waals surface area contributed by atoms with Crippen LogP contribution in [0.5, 0.6) is 0 Å². The van der Waals surface area contributed by atoms with E-state index in [-0.39, 0.29) is 0 Å². The van der Waals surface area contributed by atoms with Gasteiger partial charge in [0.1, 0.15) is 0 Å². The minimum Gasteiger partial charge on any atom is -0.394 e. The van der Waals surface area contributed by atoms with Gasteiger partial charge in [-0.2, -0.15) is 5.10 Å². The third-order valence-electron chi connectivity index (χ3n) is 3.06. The van der Waals surface area contributed by atoms with Crippen molar-refractivity contribution in [2.24, 2.45) is 7.05 Å². The summed E-state index contributed by atoms with van der Waals surface area (Å²) < 4.78 is 1.90. The molecule has 14 heavy (non-hydrogen) atoms. The molecular formula is C10H18N4. The lowest BCUT2D eigenvalue weighted by molar-refractivity contribution is 0.679. The maximum absolute atomic E-state index is 6.02. The van der Waals surface area contributed by atoms with Crippen molar-refractivity contribution in [1.82, 2.24) is 9.78 Å². The molecule has 2 N–H and O–H groups in total. The normalized spacial score (nSPS) is 21.9. The number of rotatable bonds is 1. The molecule has 1 aliphatic rings. The van der Waals surface area contributed by atoms with Crippen molar-refractivity contribution in [1.29, 1.82) is 0 Å². The van der Waals surface area contributed by atoms with E-state index in [9.17, 15) is 0 Å².